The second-order valence-electron chi connectivity index (χ2n) is 5.95. The molecule has 0 amide bonds. The molecule has 4 nitrogen and oxygen atoms in total. The molecule has 3 rings (SSSR count). The molecule has 0 spiro atoms. The molecule has 1 atom stereocenters. The lowest BCUT2D eigenvalue weighted by atomic mass is 9.84. The predicted molar refractivity (Wildman–Crippen MR) is 97.5 cm³/mol. The van der Waals surface area contributed by atoms with Gasteiger partial charge in [0.2, 0.25) is 0 Å². The van der Waals surface area contributed by atoms with E-state index >= 15 is 0 Å². The van der Waals surface area contributed by atoms with E-state index in [1.165, 1.54) is 0 Å². The minimum Gasteiger partial charge on any atom is -0.493 e. The van der Waals surface area contributed by atoms with E-state index in [0.717, 1.165) is 17.5 Å². The number of ether oxygens (including phenoxy) is 1. The Kier molecular flexibility index (Phi) is 4.28. The topological polar surface area (TPSA) is 67.8 Å². The number of aliphatic imine (C=N–C) groups is 1. The van der Waals surface area contributed by atoms with Gasteiger partial charge in [-0.15, -0.1) is 0 Å². The van der Waals surface area contributed by atoms with E-state index in [2.05, 4.69) is 4.99 Å². The number of rotatable bonds is 4. The Morgan fingerprint density at radius 1 is 1.21 bits per heavy atom. The maximum absolute atomic E-state index is 11.5. The average Bonchev–Trinajstić information content (AvgIpc) is 2.81. The van der Waals surface area contributed by atoms with Crippen LogP contribution in [0.3, 0.4) is 0 Å². The third-order valence-corrected chi connectivity index (χ3v) is 4.72. The maximum Gasteiger partial charge on any atom is 0.178 e. The van der Waals surface area contributed by atoms with Gasteiger partial charge in [0.25, 0.3) is 0 Å². The predicted octanol–water partition coefficient (Wildman–Crippen LogP) is 3.85. The molecular weight excluding hydrogens is 324 g/mol. The summed E-state index contributed by atoms with van der Waals surface area (Å²) >= 11 is 6.40. The molecule has 1 aliphatic rings. The highest BCUT2D eigenvalue weighted by Crippen LogP contribution is 2.46. The molecule has 3 N–H and O–H groups in total. The molecule has 0 bridgehead atoms. The molecule has 1 aliphatic heterocycles. The number of halogens is 1. The van der Waals surface area contributed by atoms with Crippen LogP contribution >= 0.6 is 11.6 Å². The van der Waals surface area contributed by atoms with Gasteiger partial charge in [-0.3, -0.25) is 0 Å². The van der Waals surface area contributed by atoms with E-state index in [1.54, 1.807) is 6.07 Å². The molecule has 0 saturated carbocycles. The lowest BCUT2D eigenvalue weighted by Crippen LogP contribution is -2.40. The van der Waals surface area contributed by atoms with Crippen molar-refractivity contribution in [1.82, 2.24) is 0 Å². The highest BCUT2D eigenvalue weighted by molar-refractivity contribution is 6.31. The second-order valence-corrected chi connectivity index (χ2v) is 6.36. The first-order valence-corrected chi connectivity index (χ1v) is 8.43. The van der Waals surface area contributed by atoms with E-state index in [1.807, 2.05) is 45.0 Å². The summed E-state index contributed by atoms with van der Waals surface area (Å²) in [5, 5.41) is 12.1. The van der Waals surface area contributed by atoms with Crippen LogP contribution in [0.15, 0.2) is 35.3 Å². The zero-order chi connectivity index (χ0) is 17.5. The van der Waals surface area contributed by atoms with Crippen LogP contribution in [0.2, 0.25) is 5.02 Å². The van der Waals surface area contributed by atoms with E-state index in [9.17, 15) is 5.11 Å². The number of nitrogens with zero attached hydrogens (tertiary/aromatic N) is 1. The summed E-state index contributed by atoms with van der Waals surface area (Å²) in [4.78, 5) is 4.34. The average molecular weight is 345 g/mol. The number of hydrogen-bond donors (Lipinski definition) is 2. The molecule has 1 unspecified atom stereocenters. The summed E-state index contributed by atoms with van der Waals surface area (Å²) in [6.07, 6.45) is 0.775. The van der Waals surface area contributed by atoms with E-state index in [0.29, 0.717) is 34.2 Å². The van der Waals surface area contributed by atoms with Crippen LogP contribution in [-0.4, -0.2) is 17.5 Å². The smallest absolute Gasteiger partial charge is 0.178 e. The molecule has 24 heavy (non-hydrogen) atoms. The van der Waals surface area contributed by atoms with E-state index < -0.39 is 5.60 Å². The summed E-state index contributed by atoms with van der Waals surface area (Å²) in [6.45, 7) is 6.37. The molecule has 1 heterocycles. The number of fused-ring (bicyclic) bond motifs is 1. The van der Waals surface area contributed by atoms with Crippen molar-refractivity contribution < 1.29 is 9.84 Å². The molecular formula is C19H21ClN2O2. The SMILES string of the molecule is CCOc1cc(CC)c(Cl)cc1C1(O)C(N)=Nc2ccc(C)cc21. The zero-order valence-electron chi connectivity index (χ0n) is 14.1. The first-order valence-electron chi connectivity index (χ1n) is 8.05. The maximum atomic E-state index is 11.5. The minimum atomic E-state index is -1.54. The lowest BCUT2D eigenvalue weighted by Gasteiger charge is -2.28. The van der Waals surface area contributed by atoms with Crippen LogP contribution in [0.5, 0.6) is 5.75 Å². The van der Waals surface area contributed by atoms with Crippen molar-refractivity contribution in [1.29, 1.82) is 0 Å². The van der Waals surface area contributed by atoms with Crippen molar-refractivity contribution in [2.24, 2.45) is 10.7 Å². The van der Waals surface area contributed by atoms with Crippen molar-refractivity contribution in [3.05, 3.63) is 57.6 Å². The van der Waals surface area contributed by atoms with Crippen LogP contribution in [0.4, 0.5) is 5.69 Å². The fraction of sp³-hybridized carbons (Fsp3) is 0.316. The van der Waals surface area contributed by atoms with E-state index in [-0.39, 0.29) is 5.84 Å². The van der Waals surface area contributed by atoms with Gasteiger partial charge >= 0.3 is 0 Å². The summed E-state index contributed by atoms with van der Waals surface area (Å²) < 4.78 is 5.78. The van der Waals surface area contributed by atoms with Gasteiger partial charge in [-0.1, -0.05) is 36.2 Å². The van der Waals surface area contributed by atoms with Gasteiger partial charge in [0.15, 0.2) is 5.60 Å². The van der Waals surface area contributed by atoms with Gasteiger partial charge in [-0.05, 0) is 44.0 Å². The Bertz CT molecular complexity index is 832. The Balaban J connectivity index is 2.27. The Morgan fingerprint density at radius 2 is 1.96 bits per heavy atom. The van der Waals surface area contributed by atoms with Gasteiger partial charge in [0.1, 0.15) is 11.6 Å². The fourth-order valence-corrected chi connectivity index (χ4v) is 3.39. The molecule has 2 aromatic carbocycles. The normalized spacial score (nSPS) is 19.1. The quantitative estimate of drug-likeness (QED) is 0.885. The monoisotopic (exact) mass is 344 g/mol. The fourth-order valence-electron chi connectivity index (χ4n) is 3.09. The molecule has 0 saturated heterocycles. The minimum absolute atomic E-state index is 0.129. The molecule has 2 aromatic rings. The van der Waals surface area contributed by atoms with Crippen LogP contribution in [0, 0.1) is 6.92 Å². The van der Waals surface area contributed by atoms with Gasteiger partial charge in [0, 0.05) is 16.1 Å². The molecule has 5 heteroatoms. The number of hydrogen-bond acceptors (Lipinski definition) is 4. The van der Waals surface area contributed by atoms with Crippen LogP contribution in [0.25, 0.3) is 0 Å². The molecule has 0 fully saturated rings. The molecule has 126 valence electrons. The van der Waals surface area contributed by atoms with Crippen molar-refractivity contribution in [2.75, 3.05) is 6.61 Å². The molecule has 0 radical (unpaired) electrons. The first kappa shape index (κ1) is 16.8. The summed E-state index contributed by atoms with van der Waals surface area (Å²) in [7, 11) is 0. The van der Waals surface area contributed by atoms with Crippen LogP contribution in [0.1, 0.15) is 36.1 Å². The third kappa shape index (κ3) is 2.46. The number of aryl methyl sites for hydroxylation is 2. The Hall–Kier alpha value is -2.04. The van der Waals surface area contributed by atoms with Gasteiger partial charge in [-0.25, -0.2) is 4.99 Å². The highest BCUT2D eigenvalue weighted by Gasteiger charge is 2.44. The van der Waals surface area contributed by atoms with Crippen molar-refractivity contribution in [3.8, 4) is 5.75 Å². The number of amidine groups is 1. The van der Waals surface area contributed by atoms with Gasteiger partial charge < -0.3 is 15.6 Å². The van der Waals surface area contributed by atoms with Crippen molar-refractivity contribution in [2.45, 2.75) is 32.8 Å². The van der Waals surface area contributed by atoms with Gasteiger partial charge in [0.05, 0.1) is 12.3 Å². The van der Waals surface area contributed by atoms with Gasteiger partial charge in [-0.2, -0.15) is 0 Å². The van der Waals surface area contributed by atoms with Crippen LogP contribution < -0.4 is 10.5 Å². The standard InChI is InChI=1S/C19H21ClN2O2/c1-4-12-9-17(24-5-2)14(10-15(12)20)19(23)13-8-11(3)6-7-16(13)22-18(19)21/h6-10,23H,4-5H2,1-3H3,(H2,21,22). The summed E-state index contributed by atoms with van der Waals surface area (Å²) in [5.41, 5.74) is 8.42. The highest BCUT2D eigenvalue weighted by atomic mass is 35.5. The largest absolute Gasteiger partial charge is 0.493 e. The summed E-state index contributed by atoms with van der Waals surface area (Å²) in [5.74, 6) is 0.707. The summed E-state index contributed by atoms with van der Waals surface area (Å²) in [6, 6.07) is 9.32. The molecule has 0 aliphatic carbocycles. The third-order valence-electron chi connectivity index (χ3n) is 4.37. The Morgan fingerprint density at radius 3 is 2.62 bits per heavy atom. The lowest BCUT2D eigenvalue weighted by molar-refractivity contribution is 0.153. The number of benzene rings is 2. The second kappa shape index (κ2) is 6.11. The molecule has 0 aromatic heterocycles. The number of nitrogens with two attached hydrogens (primary N) is 1. The van der Waals surface area contributed by atoms with E-state index in [4.69, 9.17) is 22.1 Å². The number of aliphatic hydroxyl groups is 1. The van der Waals surface area contributed by atoms with Crippen LogP contribution in [-0.2, 0) is 12.0 Å². The first-order chi connectivity index (χ1) is 11.4. The Labute approximate surface area is 146 Å². The van der Waals surface area contributed by atoms with Crippen molar-refractivity contribution >= 4 is 23.1 Å². The zero-order valence-corrected chi connectivity index (χ0v) is 14.8. The van der Waals surface area contributed by atoms with Crippen molar-refractivity contribution in [3.63, 3.8) is 0 Å².